The summed E-state index contributed by atoms with van der Waals surface area (Å²) in [6.45, 7) is -0.246. The van der Waals surface area contributed by atoms with Crippen LogP contribution in [0.5, 0.6) is 0 Å². The minimum absolute atomic E-state index is 0.00718. The van der Waals surface area contributed by atoms with E-state index in [0.717, 1.165) is 28.5 Å². The first-order valence-corrected chi connectivity index (χ1v) is 42.8. The standard InChI is InChI=1S/C81H114N20O18S2/c1-46(104)67-81(119)96-59(38-49-24-9-4-10-25-49)74(112)97-62(42-102)77(115)98-63(43-103)78(116)100-64(79(117)89-53(68(86)106)28-13-16-32-82)44-120-121-45-65(99-69(107)54-31-19-35-87-54)80(118)91-55(29-14-17-33-83)70(108)95-61(40-66(85)105)76(114)93-57(36-47-20-5-2-6-21-47)72(110)92-58(37-48-22-7-3-8-23-48)73(111)94-60(39-50-41-88-52-27-12-11-26-51(50)52)75(113)90-56(71(109)101-67)30-15-18-34-84/h2-12,20-27,41,46,53-65,67,87-88,102-104H,13-19,28-40,42-45,82-84H2,1H3,(H2,85,105)(H2,86,106)(H,89,117)(H,90,113)(H,91,118)(H,92,110)(H,93,114)(H,94,111)(H,95,108)(H,96,119)(H,97,112)(H,98,115)(H,99,107)(H,100,116)(H,101,109)/t46-,53+,54+,55?,56?,57?,58+,59?,60+,61+,62+,63+,64+,65+,67+/m1/s1. The first-order chi connectivity index (χ1) is 58.1. The fourth-order valence-electron chi connectivity index (χ4n) is 13.4. The molecule has 40 heteroatoms. The van der Waals surface area contributed by atoms with Crippen molar-refractivity contribution in [3.8, 4) is 0 Å². The molecule has 1 aromatic heterocycles. The third-order valence-corrected chi connectivity index (χ3v) is 22.6. The van der Waals surface area contributed by atoms with Gasteiger partial charge in [-0.1, -0.05) is 131 Å². The van der Waals surface area contributed by atoms with Crippen molar-refractivity contribution in [1.82, 2.24) is 79.4 Å². The van der Waals surface area contributed by atoms with E-state index in [1.807, 2.05) is 0 Å². The number of aromatic amines is 1. The Labute approximate surface area is 707 Å². The number of rotatable bonds is 30. The van der Waals surface area contributed by atoms with E-state index in [1.165, 1.54) is 0 Å². The van der Waals surface area contributed by atoms with Crippen molar-refractivity contribution in [3.05, 3.63) is 144 Å². The third kappa shape index (κ3) is 31.8. The van der Waals surface area contributed by atoms with Gasteiger partial charge in [-0.05, 0) is 132 Å². The number of para-hydroxylation sites is 1. The number of nitrogens with one attached hydrogen (secondary N) is 15. The van der Waals surface area contributed by atoms with Crippen LogP contribution in [0.4, 0.5) is 0 Å². The number of aliphatic hydroxyl groups is 3. The van der Waals surface area contributed by atoms with Crippen molar-refractivity contribution in [3.63, 3.8) is 0 Å². The van der Waals surface area contributed by atoms with Gasteiger partial charge in [0.2, 0.25) is 88.6 Å². The molecule has 2 saturated heterocycles. The van der Waals surface area contributed by atoms with Crippen LogP contribution < -0.4 is 103 Å². The van der Waals surface area contributed by atoms with Crippen molar-refractivity contribution in [2.45, 2.75) is 200 Å². The number of aliphatic hydroxyl groups excluding tert-OH is 3. The first kappa shape index (κ1) is 97.0. The number of hydrogen-bond acceptors (Lipinski definition) is 24. The molecule has 121 heavy (non-hydrogen) atoms. The number of carbonyl (C=O) groups is 15. The number of unbranched alkanes of at least 4 members (excludes halogenated alkanes) is 3. The molecule has 3 heterocycles. The SMILES string of the molecule is C[C@@H](O)[C@@H]1NC(=O)C(CCCCN)NC(=O)[C@H](Cc2c[nH]c3ccccc23)NC(=O)[C@H](Cc2ccccc2)NC(=O)C(Cc2ccccc2)NC(=O)[C@H](CC(N)=O)NC(=O)C(CCCCN)NC(=O)[C@@H](NC(=O)[C@@H]2CCCN2)CSSC[C@@H](C(=O)N[C@@H](CCCCN)C(N)=O)NC(=O)[C@H](CO)NC(=O)[C@H](CO)NC(=O)C(Cc2ccccc2)NC1=O. The molecule has 4 aromatic carbocycles. The summed E-state index contributed by atoms with van der Waals surface area (Å²) in [6.07, 6.45) is 0.273. The van der Waals surface area contributed by atoms with E-state index in [4.69, 9.17) is 28.7 Å². The van der Waals surface area contributed by atoms with E-state index in [2.05, 4.69) is 79.4 Å². The number of primary amides is 2. The van der Waals surface area contributed by atoms with Crippen LogP contribution in [0, 0.1) is 0 Å². The lowest BCUT2D eigenvalue weighted by atomic mass is 10.00. The molecule has 2 aliphatic rings. The Hall–Kier alpha value is -11.1. The fourth-order valence-corrected chi connectivity index (χ4v) is 15.8. The maximum absolute atomic E-state index is 15.4. The lowest BCUT2D eigenvalue weighted by Crippen LogP contribution is -2.63. The Bertz CT molecular complexity index is 4280. The fraction of sp³-hybridized carbons (Fsp3) is 0.494. The van der Waals surface area contributed by atoms with Crippen molar-refractivity contribution < 1.29 is 87.2 Å². The van der Waals surface area contributed by atoms with Crippen LogP contribution >= 0.6 is 21.6 Å². The second-order valence-corrected chi connectivity index (χ2v) is 32.2. The summed E-state index contributed by atoms with van der Waals surface area (Å²) in [5.41, 5.74) is 31.6. The van der Waals surface area contributed by atoms with E-state index >= 15 is 14.4 Å². The zero-order valence-corrected chi connectivity index (χ0v) is 69.0. The highest BCUT2D eigenvalue weighted by atomic mass is 33.1. The molecule has 4 unspecified atom stereocenters. The van der Waals surface area contributed by atoms with Gasteiger partial charge in [-0.15, -0.1) is 0 Å². The van der Waals surface area contributed by atoms with Crippen molar-refractivity contribution >= 4 is 121 Å². The molecular formula is C81H114N20O18S2. The molecule has 5 aromatic rings. The Balaban J connectivity index is 1.33. The van der Waals surface area contributed by atoms with Gasteiger partial charge in [-0.3, -0.25) is 71.9 Å². The summed E-state index contributed by atoms with van der Waals surface area (Å²) in [5.74, 6) is -16.4. The van der Waals surface area contributed by atoms with Crippen LogP contribution in [0.15, 0.2) is 121 Å². The first-order valence-electron chi connectivity index (χ1n) is 40.3. The Morgan fingerprint density at radius 3 is 1.35 bits per heavy atom. The summed E-state index contributed by atoms with van der Waals surface area (Å²) >= 11 is 0. The number of aromatic nitrogens is 1. The molecule has 28 N–H and O–H groups in total. The normalized spacial score (nSPS) is 24.2. The predicted molar refractivity (Wildman–Crippen MR) is 451 cm³/mol. The largest absolute Gasteiger partial charge is 0.394 e. The van der Waals surface area contributed by atoms with Gasteiger partial charge in [0.25, 0.3) is 0 Å². The summed E-state index contributed by atoms with van der Waals surface area (Å²) in [4.78, 5) is 221. The molecule has 7 rings (SSSR count). The Kier molecular flexibility index (Phi) is 40.8. The van der Waals surface area contributed by atoms with E-state index in [9.17, 15) is 72.9 Å². The summed E-state index contributed by atoms with van der Waals surface area (Å²) < 4.78 is 0. The van der Waals surface area contributed by atoms with Crippen LogP contribution in [0.3, 0.4) is 0 Å². The minimum Gasteiger partial charge on any atom is -0.394 e. The topological polar surface area (TPSA) is 631 Å². The maximum Gasteiger partial charge on any atom is 0.245 e. The highest BCUT2D eigenvalue weighted by Crippen LogP contribution is 2.25. The van der Waals surface area contributed by atoms with Crippen LogP contribution in [-0.2, 0) is 97.6 Å². The van der Waals surface area contributed by atoms with Gasteiger partial charge < -0.3 is 123 Å². The van der Waals surface area contributed by atoms with Crippen LogP contribution in [0.25, 0.3) is 10.9 Å². The molecule has 0 radical (unpaired) electrons. The lowest BCUT2D eigenvalue weighted by Gasteiger charge is -2.29. The van der Waals surface area contributed by atoms with Gasteiger partial charge in [0.15, 0.2) is 0 Å². The van der Waals surface area contributed by atoms with Crippen LogP contribution in [0.1, 0.15) is 106 Å². The molecule has 2 aliphatic heterocycles. The van der Waals surface area contributed by atoms with E-state index in [1.54, 1.807) is 121 Å². The summed E-state index contributed by atoms with van der Waals surface area (Å²) in [6, 6.07) is 9.28. The number of carbonyl (C=O) groups excluding carboxylic acids is 15. The molecule has 15 amide bonds. The lowest BCUT2D eigenvalue weighted by molar-refractivity contribution is -0.137. The number of nitrogens with two attached hydrogens (primary N) is 5. The molecular weight excluding hydrogens is 1610 g/mol. The summed E-state index contributed by atoms with van der Waals surface area (Å²) in [7, 11) is 1.74. The highest BCUT2D eigenvalue weighted by Gasteiger charge is 2.40. The second-order valence-electron chi connectivity index (χ2n) is 29.6. The minimum atomic E-state index is -1.96. The number of H-pyrrole nitrogens is 1. The Morgan fingerprint density at radius 2 is 0.868 bits per heavy atom. The van der Waals surface area contributed by atoms with E-state index in [-0.39, 0.29) is 83.2 Å². The molecule has 658 valence electrons. The molecule has 2 fully saturated rings. The molecule has 0 aliphatic carbocycles. The van der Waals surface area contributed by atoms with Gasteiger partial charge in [-0.2, -0.15) is 0 Å². The van der Waals surface area contributed by atoms with Gasteiger partial charge >= 0.3 is 0 Å². The van der Waals surface area contributed by atoms with Gasteiger partial charge in [0, 0.05) is 54.3 Å². The van der Waals surface area contributed by atoms with Gasteiger partial charge in [-0.25, -0.2) is 0 Å². The average Bonchev–Trinajstić information content (AvgIpc) is 1.70. The molecule has 38 nitrogen and oxygen atoms in total. The predicted octanol–water partition coefficient (Wildman–Crippen LogP) is -5.00. The quantitative estimate of drug-likeness (QED) is 0.0151. The van der Waals surface area contributed by atoms with E-state index < -0.39 is 205 Å². The monoisotopic (exact) mass is 1720 g/mol. The summed E-state index contributed by atoms with van der Waals surface area (Å²) in [5, 5.41) is 70.0. The number of benzene rings is 4. The van der Waals surface area contributed by atoms with Crippen molar-refractivity contribution in [2.24, 2.45) is 28.7 Å². The zero-order chi connectivity index (χ0) is 87.9. The number of fused-ring (bicyclic) bond motifs is 1. The van der Waals surface area contributed by atoms with Crippen molar-refractivity contribution in [1.29, 1.82) is 0 Å². The zero-order valence-electron chi connectivity index (χ0n) is 67.3. The highest BCUT2D eigenvalue weighted by molar-refractivity contribution is 8.76. The Morgan fingerprint density at radius 1 is 0.455 bits per heavy atom. The van der Waals surface area contributed by atoms with Gasteiger partial charge in [0.05, 0.1) is 31.8 Å². The van der Waals surface area contributed by atoms with Gasteiger partial charge in [0.1, 0.15) is 78.5 Å². The number of amides is 15. The van der Waals surface area contributed by atoms with E-state index in [0.29, 0.717) is 78.2 Å². The number of hydrogen-bond donors (Lipinski definition) is 23. The third-order valence-electron chi connectivity index (χ3n) is 20.2. The van der Waals surface area contributed by atoms with Crippen LogP contribution in [-0.4, -0.2) is 250 Å². The molecule has 0 saturated carbocycles. The maximum atomic E-state index is 15.4. The molecule has 0 spiro atoms. The average molecular weight is 1720 g/mol. The molecule has 0 bridgehead atoms. The smallest absolute Gasteiger partial charge is 0.245 e. The van der Waals surface area contributed by atoms with Crippen molar-refractivity contribution in [2.75, 3.05) is 50.9 Å². The van der Waals surface area contributed by atoms with Crippen LogP contribution in [0.2, 0.25) is 0 Å². The second kappa shape index (κ2) is 50.8. The molecule has 15 atom stereocenters.